The predicted molar refractivity (Wildman–Crippen MR) is 73.3 cm³/mol. The molecule has 1 rings (SSSR count). The number of carbonyl (C=O) groups is 2. The summed E-state index contributed by atoms with van der Waals surface area (Å²) in [4.78, 5) is 23.3. The van der Waals surface area contributed by atoms with Gasteiger partial charge >= 0.3 is 5.97 Å². The Kier molecular flexibility index (Phi) is 5.12. The van der Waals surface area contributed by atoms with Crippen molar-refractivity contribution in [1.82, 2.24) is 5.32 Å². The van der Waals surface area contributed by atoms with Crippen molar-refractivity contribution in [3.8, 4) is 11.5 Å². The van der Waals surface area contributed by atoms with E-state index in [9.17, 15) is 14.0 Å². The zero-order valence-corrected chi connectivity index (χ0v) is 12.3. The van der Waals surface area contributed by atoms with Gasteiger partial charge in [-0.25, -0.2) is 9.18 Å². The maximum absolute atomic E-state index is 13.9. The molecule has 1 aromatic carbocycles. The number of hydrogen-bond donors (Lipinski definition) is 2. The minimum Gasteiger partial charge on any atom is -0.493 e. The first kappa shape index (κ1) is 16.7. The van der Waals surface area contributed by atoms with Crippen molar-refractivity contribution in [1.29, 1.82) is 0 Å². The van der Waals surface area contributed by atoms with Crippen LogP contribution in [-0.4, -0.2) is 36.7 Å². The van der Waals surface area contributed by atoms with Crippen molar-refractivity contribution in [3.05, 3.63) is 23.5 Å². The molecular formula is C14H18FNO5. The molecule has 0 spiro atoms. The lowest BCUT2D eigenvalue weighted by Gasteiger charge is -2.24. The third kappa shape index (κ3) is 3.42. The van der Waals surface area contributed by atoms with Gasteiger partial charge in [-0.05, 0) is 19.4 Å². The van der Waals surface area contributed by atoms with Crippen LogP contribution in [0, 0.1) is 5.82 Å². The van der Waals surface area contributed by atoms with Crippen molar-refractivity contribution in [2.75, 3.05) is 14.2 Å². The van der Waals surface area contributed by atoms with Gasteiger partial charge in [-0.3, -0.25) is 4.79 Å². The summed E-state index contributed by atoms with van der Waals surface area (Å²) in [5, 5.41) is 11.4. The van der Waals surface area contributed by atoms with E-state index in [0.29, 0.717) is 0 Å². The minimum atomic E-state index is -1.48. The first-order chi connectivity index (χ1) is 9.78. The number of hydrogen-bond acceptors (Lipinski definition) is 4. The summed E-state index contributed by atoms with van der Waals surface area (Å²) in [5.41, 5.74) is -1.79. The Hall–Kier alpha value is -2.31. The van der Waals surface area contributed by atoms with Gasteiger partial charge in [0, 0.05) is 6.07 Å². The van der Waals surface area contributed by atoms with E-state index in [2.05, 4.69) is 5.32 Å². The molecule has 0 fully saturated rings. The number of carboxylic acid groups (broad SMARTS) is 1. The Balaban J connectivity index is 3.16. The van der Waals surface area contributed by atoms with E-state index < -0.39 is 23.2 Å². The van der Waals surface area contributed by atoms with Gasteiger partial charge in [-0.15, -0.1) is 0 Å². The van der Waals surface area contributed by atoms with E-state index >= 15 is 0 Å². The highest BCUT2D eigenvalue weighted by atomic mass is 19.1. The number of amides is 1. The largest absolute Gasteiger partial charge is 0.493 e. The lowest BCUT2D eigenvalue weighted by atomic mass is 9.98. The summed E-state index contributed by atoms with van der Waals surface area (Å²) in [7, 11) is 2.69. The van der Waals surface area contributed by atoms with E-state index in [0.717, 1.165) is 6.07 Å². The molecule has 7 heteroatoms. The van der Waals surface area contributed by atoms with Gasteiger partial charge in [-0.2, -0.15) is 0 Å². The highest BCUT2D eigenvalue weighted by Crippen LogP contribution is 2.30. The van der Waals surface area contributed by atoms with Gasteiger partial charge in [0.05, 0.1) is 19.8 Å². The summed E-state index contributed by atoms with van der Waals surface area (Å²) >= 11 is 0. The number of aliphatic carboxylic acids is 1. The van der Waals surface area contributed by atoms with Crippen LogP contribution in [0.15, 0.2) is 12.1 Å². The quantitative estimate of drug-likeness (QED) is 0.837. The van der Waals surface area contributed by atoms with Crippen molar-refractivity contribution >= 4 is 11.9 Å². The third-order valence-electron chi connectivity index (χ3n) is 3.29. The van der Waals surface area contributed by atoms with Crippen molar-refractivity contribution in [2.45, 2.75) is 25.8 Å². The first-order valence-electron chi connectivity index (χ1n) is 6.26. The molecule has 0 aliphatic rings. The molecule has 0 radical (unpaired) electrons. The molecule has 1 unspecified atom stereocenters. The topological polar surface area (TPSA) is 84.9 Å². The average Bonchev–Trinajstić information content (AvgIpc) is 2.46. The third-order valence-corrected chi connectivity index (χ3v) is 3.29. The second-order valence-electron chi connectivity index (χ2n) is 4.63. The number of methoxy groups -OCH3 is 2. The maximum Gasteiger partial charge on any atom is 0.329 e. The Labute approximate surface area is 121 Å². The van der Waals surface area contributed by atoms with Crippen molar-refractivity contribution in [3.63, 3.8) is 0 Å². The van der Waals surface area contributed by atoms with Crippen LogP contribution >= 0.6 is 0 Å². The number of nitrogens with one attached hydrogen (secondary N) is 1. The molecule has 0 aliphatic carbocycles. The Morgan fingerprint density at radius 1 is 1.29 bits per heavy atom. The van der Waals surface area contributed by atoms with Crippen LogP contribution in [0.5, 0.6) is 11.5 Å². The van der Waals surface area contributed by atoms with Gasteiger partial charge in [0.1, 0.15) is 11.4 Å². The molecule has 0 saturated heterocycles. The normalized spacial score (nSPS) is 13.2. The maximum atomic E-state index is 13.9. The Morgan fingerprint density at radius 3 is 2.24 bits per heavy atom. The molecule has 2 N–H and O–H groups in total. The molecular weight excluding hydrogens is 281 g/mol. The molecule has 1 aromatic rings. The molecule has 0 aromatic heterocycles. The van der Waals surface area contributed by atoms with Crippen LogP contribution in [0.25, 0.3) is 0 Å². The highest BCUT2D eigenvalue weighted by molar-refractivity contribution is 5.98. The van der Waals surface area contributed by atoms with E-state index in [1.807, 2.05) is 0 Å². The second-order valence-corrected chi connectivity index (χ2v) is 4.63. The molecule has 21 heavy (non-hydrogen) atoms. The minimum absolute atomic E-state index is 0.142. The Bertz CT molecular complexity index is 561. The number of rotatable bonds is 6. The Morgan fingerprint density at radius 2 is 1.81 bits per heavy atom. The van der Waals surface area contributed by atoms with Crippen LogP contribution in [0.3, 0.4) is 0 Å². The fourth-order valence-electron chi connectivity index (χ4n) is 1.64. The SMILES string of the molecule is CCC(C)(NC(=O)c1cc(OC)c(OC)cc1F)C(=O)O. The fraction of sp³-hybridized carbons (Fsp3) is 0.429. The second kappa shape index (κ2) is 6.43. The number of benzene rings is 1. The molecule has 1 atom stereocenters. The molecule has 0 bridgehead atoms. The molecule has 1 amide bonds. The molecule has 116 valence electrons. The number of halogens is 1. The molecule has 0 aliphatic heterocycles. The van der Waals surface area contributed by atoms with Gasteiger partial charge in [0.25, 0.3) is 5.91 Å². The van der Waals surface area contributed by atoms with E-state index in [4.69, 9.17) is 14.6 Å². The summed E-state index contributed by atoms with van der Waals surface area (Å²) in [5.74, 6) is -2.53. The standard InChI is InChI=1S/C14H18FNO5/c1-5-14(2,13(18)19)16-12(17)8-6-10(20-3)11(21-4)7-9(8)15/h6-7H,5H2,1-4H3,(H,16,17)(H,18,19). The lowest BCUT2D eigenvalue weighted by Crippen LogP contribution is -2.51. The van der Waals surface area contributed by atoms with Crippen LogP contribution in [0.1, 0.15) is 30.6 Å². The zero-order valence-electron chi connectivity index (χ0n) is 12.3. The van der Waals surface area contributed by atoms with E-state index in [-0.39, 0.29) is 23.5 Å². The number of ether oxygens (including phenoxy) is 2. The van der Waals surface area contributed by atoms with E-state index in [1.54, 1.807) is 6.92 Å². The lowest BCUT2D eigenvalue weighted by molar-refractivity contribution is -0.143. The summed E-state index contributed by atoms with van der Waals surface area (Å²) in [6.07, 6.45) is 0.156. The van der Waals surface area contributed by atoms with Crippen molar-refractivity contribution in [2.24, 2.45) is 0 Å². The average molecular weight is 299 g/mol. The monoisotopic (exact) mass is 299 g/mol. The van der Waals surface area contributed by atoms with Gasteiger partial charge in [-0.1, -0.05) is 6.92 Å². The van der Waals surface area contributed by atoms with Crippen LogP contribution in [0.2, 0.25) is 0 Å². The van der Waals surface area contributed by atoms with Gasteiger partial charge in [0.15, 0.2) is 11.5 Å². The highest BCUT2D eigenvalue weighted by Gasteiger charge is 2.34. The number of carboxylic acids is 1. The van der Waals surface area contributed by atoms with Crippen LogP contribution in [-0.2, 0) is 4.79 Å². The fourth-order valence-corrected chi connectivity index (χ4v) is 1.64. The van der Waals surface area contributed by atoms with Crippen molar-refractivity contribution < 1.29 is 28.6 Å². The van der Waals surface area contributed by atoms with Gasteiger partial charge in [0.2, 0.25) is 0 Å². The number of carbonyl (C=O) groups excluding carboxylic acids is 1. The predicted octanol–water partition coefficient (Wildman–Crippen LogP) is 1.83. The molecule has 0 saturated carbocycles. The van der Waals surface area contributed by atoms with Crippen LogP contribution in [0.4, 0.5) is 4.39 Å². The first-order valence-corrected chi connectivity index (χ1v) is 6.26. The summed E-state index contributed by atoms with van der Waals surface area (Å²) < 4.78 is 23.9. The zero-order chi connectivity index (χ0) is 16.2. The summed E-state index contributed by atoms with van der Waals surface area (Å²) in [6.45, 7) is 2.96. The van der Waals surface area contributed by atoms with Gasteiger partial charge < -0.3 is 19.9 Å². The smallest absolute Gasteiger partial charge is 0.329 e. The molecule has 0 heterocycles. The van der Waals surface area contributed by atoms with Crippen LogP contribution < -0.4 is 14.8 Å². The summed E-state index contributed by atoms with van der Waals surface area (Å²) in [6, 6.07) is 2.18. The molecule has 6 nitrogen and oxygen atoms in total. The van der Waals surface area contributed by atoms with E-state index in [1.165, 1.54) is 27.2 Å².